The third-order valence-electron chi connectivity index (χ3n) is 1.94. The highest BCUT2D eigenvalue weighted by atomic mass is 32.2. The van der Waals surface area contributed by atoms with E-state index >= 15 is 0 Å². The van der Waals surface area contributed by atoms with Gasteiger partial charge in [0.15, 0.2) is 10.8 Å². The highest BCUT2D eigenvalue weighted by Gasteiger charge is 2.22. The zero-order valence-corrected chi connectivity index (χ0v) is 10.0. The lowest BCUT2D eigenvalue weighted by Gasteiger charge is -2.06. The molecule has 0 atom stereocenters. The predicted molar refractivity (Wildman–Crippen MR) is 62.7 cm³/mol. The van der Waals surface area contributed by atoms with Gasteiger partial charge in [0.2, 0.25) is 0 Å². The van der Waals surface area contributed by atoms with Crippen molar-refractivity contribution in [2.45, 2.75) is 5.03 Å². The van der Waals surface area contributed by atoms with Gasteiger partial charge in [-0.2, -0.15) is 19.8 Å². The monoisotopic (exact) mass is 258 g/mol. The van der Waals surface area contributed by atoms with Gasteiger partial charge in [0.25, 0.3) is 10.0 Å². The highest BCUT2D eigenvalue weighted by Crippen LogP contribution is 2.21. The number of thiophene rings is 1. The van der Waals surface area contributed by atoms with Crippen molar-refractivity contribution >= 4 is 32.9 Å². The smallest absolute Gasteiger partial charge is 0.281 e. The first-order valence-corrected chi connectivity index (χ1v) is 6.75. The largest absolute Gasteiger partial charge is 0.381 e. The van der Waals surface area contributed by atoms with Gasteiger partial charge in [-0.1, -0.05) is 0 Å². The van der Waals surface area contributed by atoms with Crippen molar-refractivity contribution in [1.29, 1.82) is 0 Å². The van der Waals surface area contributed by atoms with E-state index in [0.717, 1.165) is 0 Å². The summed E-state index contributed by atoms with van der Waals surface area (Å²) in [7, 11) is -2.09. The van der Waals surface area contributed by atoms with Crippen LogP contribution in [0.3, 0.4) is 0 Å². The normalized spacial score (nSPS) is 11.6. The number of hydrogen-bond donors (Lipinski definition) is 2. The van der Waals surface area contributed by atoms with E-state index in [4.69, 9.17) is 5.73 Å². The van der Waals surface area contributed by atoms with Crippen LogP contribution in [0.5, 0.6) is 0 Å². The summed E-state index contributed by atoms with van der Waals surface area (Å²) in [4.78, 5) is 3.74. The molecule has 2 heterocycles. The summed E-state index contributed by atoms with van der Waals surface area (Å²) in [5, 5.41) is 3.45. The maximum atomic E-state index is 12.0. The number of rotatable bonds is 3. The lowest BCUT2D eigenvalue weighted by molar-refractivity contribution is 0.592. The van der Waals surface area contributed by atoms with E-state index in [9.17, 15) is 8.42 Å². The van der Waals surface area contributed by atoms with Crippen molar-refractivity contribution in [3.8, 4) is 0 Å². The molecule has 6 nitrogen and oxygen atoms in total. The molecule has 0 amide bonds. The molecular weight excluding hydrogens is 248 g/mol. The molecule has 0 radical (unpaired) electrons. The van der Waals surface area contributed by atoms with Crippen LogP contribution >= 0.6 is 11.3 Å². The number of anilines is 2. The number of nitrogen functional groups attached to an aromatic ring is 1. The number of imidazole rings is 1. The van der Waals surface area contributed by atoms with Gasteiger partial charge in [-0.25, -0.2) is 4.98 Å². The highest BCUT2D eigenvalue weighted by molar-refractivity contribution is 7.92. The van der Waals surface area contributed by atoms with Gasteiger partial charge in [-0.15, -0.1) is 0 Å². The molecular formula is C8H10N4O2S2. The van der Waals surface area contributed by atoms with Crippen molar-refractivity contribution in [1.82, 2.24) is 9.55 Å². The Balaban J connectivity index is 2.40. The van der Waals surface area contributed by atoms with E-state index in [1.54, 1.807) is 23.9 Å². The van der Waals surface area contributed by atoms with Crippen LogP contribution in [0.15, 0.2) is 28.2 Å². The molecule has 0 aromatic carbocycles. The molecule has 8 heteroatoms. The molecule has 16 heavy (non-hydrogen) atoms. The van der Waals surface area contributed by atoms with Crippen molar-refractivity contribution in [2.75, 3.05) is 10.5 Å². The molecule has 0 saturated heterocycles. The zero-order chi connectivity index (χ0) is 11.8. The quantitative estimate of drug-likeness (QED) is 0.854. The molecule has 0 aliphatic rings. The van der Waals surface area contributed by atoms with E-state index < -0.39 is 10.0 Å². The minimum absolute atomic E-state index is 0.00905. The van der Waals surface area contributed by atoms with Gasteiger partial charge in [0.1, 0.15) is 0 Å². The van der Waals surface area contributed by atoms with Gasteiger partial charge in [-0.3, -0.25) is 4.72 Å². The molecule has 2 rings (SSSR count). The molecule has 0 bridgehead atoms. The first-order valence-electron chi connectivity index (χ1n) is 4.32. The Morgan fingerprint density at radius 3 is 2.81 bits per heavy atom. The molecule has 2 aromatic rings. The fourth-order valence-electron chi connectivity index (χ4n) is 1.29. The molecule has 0 saturated carbocycles. The maximum Gasteiger partial charge on any atom is 0.281 e. The van der Waals surface area contributed by atoms with Crippen molar-refractivity contribution in [2.24, 2.45) is 7.05 Å². The minimum Gasteiger partial charge on any atom is -0.381 e. The Labute approximate surface area is 96.8 Å². The fourth-order valence-corrected chi connectivity index (χ4v) is 3.24. The van der Waals surface area contributed by atoms with E-state index in [1.165, 1.54) is 22.2 Å². The van der Waals surface area contributed by atoms with Crippen molar-refractivity contribution < 1.29 is 8.42 Å². The summed E-state index contributed by atoms with van der Waals surface area (Å²) in [6, 6.07) is 1.68. The SMILES string of the molecule is Cn1cnc(N)c1S(=O)(=O)Nc1ccsc1. The number of nitrogens with two attached hydrogens (primary N) is 1. The second kappa shape index (κ2) is 3.80. The number of aromatic nitrogens is 2. The predicted octanol–water partition coefficient (Wildman–Crippen LogP) is 0.865. The van der Waals surface area contributed by atoms with Crippen LogP contribution in [0.25, 0.3) is 0 Å². The average Bonchev–Trinajstić information content (AvgIpc) is 2.76. The van der Waals surface area contributed by atoms with Gasteiger partial charge in [-0.05, 0) is 11.4 Å². The number of nitrogens with zero attached hydrogens (tertiary/aromatic N) is 2. The second-order valence-electron chi connectivity index (χ2n) is 3.16. The van der Waals surface area contributed by atoms with Crippen LogP contribution in [0.1, 0.15) is 0 Å². The first-order chi connectivity index (χ1) is 7.50. The third kappa shape index (κ3) is 1.89. The van der Waals surface area contributed by atoms with Crippen LogP contribution in [-0.4, -0.2) is 18.0 Å². The van der Waals surface area contributed by atoms with Gasteiger partial charge in [0.05, 0.1) is 12.0 Å². The summed E-state index contributed by atoms with van der Waals surface area (Å²) in [6.45, 7) is 0. The number of hydrogen-bond acceptors (Lipinski definition) is 5. The van der Waals surface area contributed by atoms with Crippen LogP contribution in [0.2, 0.25) is 0 Å². The minimum atomic E-state index is -3.67. The van der Waals surface area contributed by atoms with Crippen LogP contribution in [-0.2, 0) is 17.1 Å². The molecule has 2 aromatic heterocycles. The molecule has 0 aliphatic heterocycles. The van der Waals surface area contributed by atoms with E-state index in [-0.39, 0.29) is 10.8 Å². The van der Waals surface area contributed by atoms with Gasteiger partial charge < -0.3 is 10.3 Å². The van der Waals surface area contributed by atoms with Gasteiger partial charge in [0, 0.05) is 12.4 Å². The Kier molecular flexibility index (Phi) is 2.60. The maximum absolute atomic E-state index is 12.0. The molecule has 0 aliphatic carbocycles. The van der Waals surface area contributed by atoms with E-state index in [0.29, 0.717) is 5.69 Å². The number of nitrogens with one attached hydrogen (secondary N) is 1. The fraction of sp³-hybridized carbons (Fsp3) is 0.125. The summed E-state index contributed by atoms with van der Waals surface area (Å²) in [5.74, 6) is -0.00905. The van der Waals surface area contributed by atoms with Crippen molar-refractivity contribution in [3.63, 3.8) is 0 Å². The van der Waals surface area contributed by atoms with Crippen LogP contribution in [0, 0.1) is 0 Å². The van der Waals surface area contributed by atoms with E-state index in [1.807, 2.05) is 0 Å². The van der Waals surface area contributed by atoms with Crippen LogP contribution < -0.4 is 10.5 Å². The summed E-state index contributed by atoms with van der Waals surface area (Å²) in [5.41, 5.74) is 6.03. The molecule has 0 spiro atoms. The number of sulfonamides is 1. The molecule has 0 unspecified atom stereocenters. The molecule has 3 N–H and O–H groups in total. The summed E-state index contributed by atoms with van der Waals surface area (Å²) >= 11 is 1.41. The Hall–Kier alpha value is -1.54. The standard InChI is InChI=1S/C8H10N4O2S2/c1-12-5-10-7(9)8(12)16(13,14)11-6-2-3-15-4-6/h2-5,11H,9H2,1H3. The zero-order valence-electron chi connectivity index (χ0n) is 8.41. The average molecular weight is 258 g/mol. The Bertz CT molecular complexity index is 566. The second-order valence-corrected chi connectivity index (χ2v) is 5.54. The van der Waals surface area contributed by atoms with Crippen LogP contribution in [0.4, 0.5) is 11.5 Å². The Morgan fingerprint density at radius 1 is 1.56 bits per heavy atom. The molecule has 86 valence electrons. The molecule has 0 fully saturated rings. The number of aryl methyl sites for hydroxylation is 1. The lowest BCUT2D eigenvalue weighted by Crippen LogP contribution is -2.17. The Morgan fingerprint density at radius 2 is 2.31 bits per heavy atom. The first kappa shape index (κ1) is 11.0. The topological polar surface area (TPSA) is 90.0 Å². The van der Waals surface area contributed by atoms with Crippen molar-refractivity contribution in [3.05, 3.63) is 23.2 Å². The van der Waals surface area contributed by atoms with Gasteiger partial charge >= 0.3 is 0 Å². The summed E-state index contributed by atoms with van der Waals surface area (Å²) < 4.78 is 27.7. The lowest BCUT2D eigenvalue weighted by atomic mass is 10.6. The summed E-state index contributed by atoms with van der Waals surface area (Å²) in [6.07, 6.45) is 1.36. The third-order valence-corrected chi connectivity index (χ3v) is 4.13. The van der Waals surface area contributed by atoms with E-state index in [2.05, 4.69) is 9.71 Å².